The van der Waals surface area contributed by atoms with Crippen molar-refractivity contribution in [3.05, 3.63) is 129 Å². The SMILES string of the molecule is CC1=Cc2c(cc(C)c(C)c2-c2ccccc2)[CH]1[Zr]([CH3])([CH3])(=[SiH2])[CH]1C(C(C)C)=Cc2c(-c3ccc(C(C)(C)C)cc3)cccc21.Cl.Cl. The molecule has 0 fully saturated rings. The van der Waals surface area contributed by atoms with Gasteiger partial charge < -0.3 is 0 Å². The Morgan fingerprint density at radius 2 is 1.33 bits per heavy atom. The second kappa shape index (κ2) is 12.8. The van der Waals surface area contributed by atoms with Crippen LogP contribution < -0.4 is 0 Å². The van der Waals surface area contributed by atoms with Crippen molar-refractivity contribution in [1.29, 1.82) is 0 Å². The number of halogens is 2. The van der Waals surface area contributed by atoms with Crippen LogP contribution in [0.1, 0.15) is 87.7 Å². The summed E-state index contributed by atoms with van der Waals surface area (Å²) in [5.74, 6) is 0.505. The van der Waals surface area contributed by atoms with Crippen LogP contribution >= 0.6 is 24.8 Å². The molecule has 2 unspecified atom stereocenters. The molecule has 6 rings (SSSR count). The standard InChI is InChI=1S/C22H25.C18H17.2CH3.2ClH.H2Si.Zr/c1-15(2)18-13-17-7-6-8-20(21(17)14-18)16-9-11-19(12-10-16)22(3,4)5;1-12-9-16-11-13(2)14(3)18(17(16)10-12)15-7-5-4-6-8-15;;;;;;/h6-15H,1-5H3;4-11H,1-3H3;2*1H3;2*1H;1H2;. The first-order chi connectivity index (χ1) is 20.6. The number of hydrogen-bond acceptors (Lipinski definition) is 0. The van der Waals surface area contributed by atoms with Crippen LogP contribution in [0.15, 0.2) is 90.0 Å². The van der Waals surface area contributed by atoms with E-state index >= 15 is 0 Å². The van der Waals surface area contributed by atoms with Crippen LogP contribution in [-0.2, 0) is 22.8 Å². The Kier molecular flexibility index (Phi) is 10.3. The molecule has 0 saturated heterocycles. The number of rotatable bonds is 5. The molecule has 0 amide bonds. The zero-order valence-electron chi connectivity index (χ0n) is 29.4. The fraction of sp³-hybridized carbons (Fsp3) is 0.333. The normalized spacial score (nSPS) is 17.5. The molecule has 4 aromatic rings. The van der Waals surface area contributed by atoms with Crippen LogP contribution in [0.5, 0.6) is 0 Å². The monoisotopic (exact) mass is 744 g/mol. The van der Waals surface area contributed by atoms with Gasteiger partial charge in [-0.3, -0.25) is 0 Å². The van der Waals surface area contributed by atoms with Gasteiger partial charge in [0, 0.05) is 0 Å². The molecule has 0 radical (unpaired) electrons. The molecule has 0 nitrogen and oxygen atoms in total. The van der Waals surface area contributed by atoms with E-state index in [1.165, 1.54) is 50.1 Å². The van der Waals surface area contributed by atoms with Crippen LogP contribution in [-0.4, -0.2) is 6.88 Å². The van der Waals surface area contributed by atoms with E-state index in [1.54, 1.807) is 22.3 Å². The fourth-order valence-electron chi connectivity index (χ4n) is 8.70. The van der Waals surface area contributed by atoms with Crippen LogP contribution in [0.25, 0.3) is 34.4 Å². The third-order valence-electron chi connectivity index (χ3n) is 10.8. The number of allylic oxidation sites excluding steroid dienone is 2. The molecule has 0 bridgehead atoms. The first-order valence-electron chi connectivity index (χ1n) is 16.5. The van der Waals surface area contributed by atoms with E-state index in [1.807, 2.05) is 0 Å². The Morgan fingerprint density at radius 3 is 1.91 bits per heavy atom. The van der Waals surface area contributed by atoms with Gasteiger partial charge in [-0.1, -0.05) is 0 Å². The van der Waals surface area contributed by atoms with E-state index in [0.29, 0.717) is 13.2 Å². The van der Waals surface area contributed by atoms with Crippen molar-refractivity contribution < 1.29 is 17.4 Å². The predicted octanol–water partition coefficient (Wildman–Crippen LogP) is 12.4. The van der Waals surface area contributed by atoms with Gasteiger partial charge in [0.25, 0.3) is 0 Å². The van der Waals surface area contributed by atoms with Gasteiger partial charge in [0.2, 0.25) is 0 Å². The summed E-state index contributed by atoms with van der Waals surface area (Å²) in [6.07, 6.45) is 5.17. The molecule has 4 heteroatoms. The molecule has 2 aliphatic rings. The maximum Gasteiger partial charge on any atom is -0.147 e. The Balaban J connectivity index is 0.00000240. The first kappa shape index (κ1) is 36.9. The Bertz CT molecular complexity index is 1920. The summed E-state index contributed by atoms with van der Waals surface area (Å²) in [7, 11) is 0. The van der Waals surface area contributed by atoms with Crippen molar-refractivity contribution in [2.24, 2.45) is 5.92 Å². The minimum Gasteiger partial charge on any atom is -0.147 e. The van der Waals surface area contributed by atoms with Crippen molar-refractivity contribution in [3.8, 4) is 22.3 Å². The summed E-state index contributed by atoms with van der Waals surface area (Å²) in [6.45, 7) is 21.3. The summed E-state index contributed by atoms with van der Waals surface area (Å²) < 4.78 is 6.57. The summed E-state index contributed by atoms with van der Waals surface area (Å²) in [6, 6.07) is 30.1. The van der Waals surface area contributed by atoms with Crippen molar-refractivity contribution in [2.75, 3.05) is 0 Å². The average molecular weight is 747 g/mol. The maximum absolute atomic E-state index is 3.68. The Hall–Kier alpha value is -1.96. The minimum absolute atomic E-state index is 0. The van der Waals surface area contributed by atoms with E-state index in [2.05, 4.69) is 163 Å². The topological polar surface area (TPSA) is 0 Å². The smallest absolute Gasteiger partial charge is 0.147 e. The van der Waals surface area contributed by atoms with Gasteiger partial charge >= 0.3 is 271 Å². The molecule has 2 atom stereocenters. The first-order valence-corrected chi connectivity index (χ1v) is 30.2. The summed E-state index contributed by atoms with van der Waals surface area (Å²) in [4.78, 5) is 0. The molecule has 2 aliphatic carbocycles. The van der Waals surface area contributed by atoms with Crippen LogP contribution in [0.3, 0.4) is 0 Å². The molecule has 242 valence electrons. The Morgan fingerprint density at radius 1 is 0.696 bits per heavy atom. The van der Waals surface area contributed by atoms with Crippen molar-refractivity contribution in [1.82, 2.24) is 0 Å². The van der Waals surface area contributed by atoms with Gasteiger partial charge in [-0.2, -0.15) is 0 Å². The number of fused-ring (bicyclic) bond motifs is 2. The molecule has 46 heavy (non-hydrogen) atoms. The minimum atomic E-state index is -3.68. The third kappa shape index (κ3) is 6.07. The fourth-order valence-corrected chi connectivity index (χ4v) is 29.2. The maximum atomic E-state index is 2.77. The van der Waals surface area contributed by atoms with Crippen LogP contribution in [0.2, 0.25) is 9.26 Å². The third-order valence-corrected chi connectivity index (χ3v) is 28.5. The van der Waals surface area contributed by atoms with Gasteiger partial charge in [-0.15, -0.1) is 24.8 Å². The van der Waals surface area contributed by atoms with Gasteiger partial charge in [-0.05, 0) is 0 Å². The second-order valence-corrected chi connectivity index (χ2v) is 46.7. The van der Waals surface area contributed by atoms with E-state index in [4.69, 9.17) is 0 Å². The number of aryl methyl sites for hydroxylation is 1. The van der Waals surface area contributed by atoms with E-state index in [9.17, 15) is 0 Å². The van der Waals surface area contributed by atoms with Gasteiger partial charge in [0.05, 0.1) is 0 Å². The van der Waals surface area contributed by atoms with Gasteiger partial charge in [0.1, 0.15) is 0 Å². The molecular formula is C42H52Cl2SiZr. The molecular weight excluding hydrogens is 695 g/mol. The molecule has 0 saturated carbocycles. The summed E-state index contributed by atoms with van der Waals surface area (Å²) in [5.41, 5.74) is 19.2. The summed E-state index contributed by atoms with van der Waals surface area (Å²) in [5, 5.41) is 0. The van der Waals surface area contributed by atoms with Crippen molar-refractivity contribution >= 4 is 43.8 Å². The van der Waals surface area contributed by atoms with E-state index in [0.717, 1.165) is 0 Å². The second-order valence-electron chi connectivity index (χ2n) is 16.2. The van der Waals surface area contributed by atoms with Crippen LogP contribution in [0.4, 0.5) is 0 Å². The van der Waals surface area contributed by atoms with E-state index < -0.39 is 17.4 Å². The van der Waals surface area contributed by atoms with Gasteiger partial charge in [0.15, 0.2) is 0 Å². The molecule has 0 heterocycles. The molecule has 0 aromatic heterocycles. The van der Waals surface area contributed by atoms with Gasteiger partial charge in [-0.25, -0.2) is 0 Å². The van der Waals surface area contributed by atoms with E-state index in [-0.39, 0.29) is 30.2 Å². The molecule has 0 aliphatic heterocycles. The number of benzene rings is 4. The number of hydrogen-bond donors (Lipinski definition) is 0. The van der Waals surface area contributed by atoms with Crippen molar-refractivity contribution in [3.63, 3.8) is 0 Å². The van der Waals surface area contributed by atoms with Crippen LogP contribution in [0, 0.1) is 19.8 Å². The average Bonchev–Trinajstić information content (AvgIpc) is 3.53. The molecule has 0 spiro atoms. The molecule has 0 N–H and O–H groups in total. The predicted molar refractivity (Wildman–Crippen MR) is 209 cm³/mol. The quantitative estimate of drug-likeness (QED) is 0.178. The zero-order chi connectivity index (χ0) is 31.8. The zero-order valence-corrected chi connectivity index (χ0v) is 34.9. The Labute approximate surface area is 293 Å². The summed E-state index contributed by atoms with van der Waals surface area (Å²) >= 11 is -3.68. The largest absolute Gasteiger partial charge is 0.147 e. The van der Waals surface area contributed by atoms with Crippen molar-refractivity contribution in [2.45, 2.75) is 77.3 Å². The molecule has 4 aromatic carbocycles.